The standard InChI is InChI=1S/C17H24N6O/c1-13-5-6-23(20-13)15-11-14(18-12-19-15)21-7-9-22(10-8-21)16(24)17(2,3)4/h5-6,11-12H,7-10H2,1-4H3. The molecule has 7 heteroatoms. The van der Waals surface area contributed by atoms with E-state index < -0.39 is 0 Å². The topological polar surface area (TPSA) is 67.2 Å². The Morgan fingerprint density at radius 2 is 1.75 bits per heavy atom. The van der Waals surface area contributed by atoms with E-state index in [-0.39, 0.29) is 11.3 Å². The van der Waals surface area contributed by atoms with E-state index in [9.17, 15) is 4.79 Å². The van der Waals surface area contributed by atoms with Crippen LogP contribution in [0.2, 0.25) is 0 Å². The summed E-state index contributed by atoms with van der Waals surface area (Å²) in [7, 11) is 0. The first-order valence-corrected chi connectivity index (χ1v) is 8.23. The van der Waals surface area contributed by atoms with Crippen molar-refractivity contribution in [3.8, 4) is 5.82 Å². The van der Waals surface area contributed by atoms with E-state index in [2.05, 4.69) is 20.0 Å². The van der Waals surface area contributed by atoms with Gasteiger partial charge < -0.3 is 9.80 Å². The number of nitrogens with zero attached hydrogens (tertiary/aromatic N) is 6. The summed E-state index contributed by atoms with van der Waals surface area (Å²) in [6.45, 7) is 10.8. The molecular weight excluding hydrogens is 304 g/mol. The second kappa shape index (κ2) is 6.22. The van der Waals surface area contributed by atoms with Crippen LogP contribution in [-0.4, -0.2) is 56.7 Å². The van der Waals surface area contributed by atoms with E-state index >= 15 is 0 Å². The average Bonchev–Trinajstić information content (AvgIpc) is 3.00. The molecule has 0 bridgehead atoms. The number of amides is 1. The van der Waals surface area contributed by atoms with Crippen LogP contribution in [-0.2, 0) is 4.79 Å². The monoisotopic (exact) mass is 328 g/mol. The van der Waals surface area contributed by atoms with Gasteiger partial charge in [-0.25, -0.2) is 14.6 Å². The molecule has 0 unspecified atom stereocenters. The van der Waals surface area contributed by atoms with E-state index in [1.807, 2.05) is 50.9 Å². The fourth-order valence-corrected chi connectivity index (χ4v) is 2.79. The first-order chi connectivity index (χ1) is 11.3. The molecule has 1 amide bonds. The number of aryl methyl sites for hydroxylation is 1. The Labute approximate surface area is 142 Å². The lowest BCUT2D eigenvalue weighted by atomic mass is 9.94. The highest BCUT2D eigenvalue weighted by Crippen LogP contribution is 2.21. The zero-order valence-corrected chi connectivity index (χ0v) is 14.7. The number of hydrogen-bond acceptors (Lipinski definition) is 5. The molecule has 7 nitrogen and oxygen atoms in total. The van der Waals surface area contributed by atoms with Crippen molar-refractivity contribution in [2.75, 3.05) is 31.1 Å². The fourth-order valence-electron chi connectivity index (χ4n) is 2.79. The molecule has 0 aromatic carbocycles. The maximum Gasteiger partial charge on any atom is 0.228 e. The Hall–Kier alpha value is -2.44. The molecule has 0 N–H and O–H groups in total. The highest BCUT2D eigenvalue weighted by Gasteiger charge is 2.30. The normalized spacial score (nSPS) is 15.7. The van der Waals surface area contributed by atoms with E-state index in [1.165, 1.54) is 0 Å². The maximum absolute atomic E-state index is 12.4. The molecule has 2 aromatic rings. The number of carbonyl (C=O) groups excluding carboxylic acids is 1. The quantitative estimate of drug-likeness (QED) is 0.839. The summed E-state index contributed by atoms with van der Waals surface area (Å²) >= 11 is 0. The molecule has 3 heterocycles. The highest BCUT2D eigenvalue weighted by molar-refractivity contribution is 5.81. The average molecular weight is 328 g/mol. The van der Waals surface area contributed by atoms with Crippen molar-refractivity contribution in [1.82, 2.24) is 24.6 Å². The number of carbonyl (C=O) groups is 1. The van der Waals surface area contributed by atoms with Crippen LogP contribution in [0.3, 0.4) is 0 Å². The molecule has 3 rings (SSSR count). The van der Waals surface area contributed by atoms with Gasteiger partial charge in [-0.3, -0.25) is 4.79 Å². The third-order valence-electron chi connectivity index (χ3n) is 4.13. The summed E-state index contributed by atoms with van der Waals surface area (Å²) in [5.41, 5.74) is 0.617. The summed E-state index contributed by atoms with van der Waals surface area (Å²) in [5, 5.41) is 4.38. The van der Waals surface area contributed by atoms with Crippen molar-refractivity contribution in [2.24, 2.45) is 5.41 Å². The Balaban J connectivity index is 1.70. The smallest absolute Gasteiger partial charge is 0.228 e. The minimum Gasteiger partial charge on any atom is -0.353 e. The highest BCUT2D eigenvalue weighted by atomic mass is 16.2. The lowest BCUT2D eigenvalue weighted by Gasteiger charge is -2.38. The van der Waals surface area contributed by atoms with Crippen LogP contribution in [0.5, 0.6) is 0 Å². The predicted molar refractivity (Wildman–Crippen MR) is 92.1 cm³/mol. The number of piperazine rings is 1. The van der Waals surface area contributed by atoms with Gasteiger partial charge in [0.05, 0.1) is 5.69 Å². The molecule has 1 aliphatic heterocycles. The van der Waals surface area contributed by atoms with Crippen LogP contribution in [0.4, 0.5) is 5.82 Å². The molecule has 1 fully saturated rings. The van der Waals surface area contributed by atoms with Gasteiger partial charge in [0.25, 0.3) is 0 Å². The second-order valence-corrected chi connectivity index (χ2v) is 7.17. The molecule has 1 aliphatic rings. The summed E-state index contributed by atoms with van der Waals surface area (Å²) < 4.78 is 1.75. The van der Waals surface area contributed by atoms with Gasteiger partial charge in [-0.1, -0.05) is 20.8 Å². The third-order valence-corrected chi connectivity index (χ3v) is 4.13. The molecular formula is C17H24N6O. The first-order valence-electron chi connectivity index (χ1n) is 8.23. The number of rotatable bonds is 2. The molecule has 2 aromatic heterocycles. The van der Waals surface area contributed by atoms with E-state index in [4.69, 9.17) is 0 Å². The van der Waals surface area contributed by atoms with Crippen LogP contribution in [0.1, 0.15) is 26.5 Å². The summed E-state index contributed by atoms with van der Waals surface area (Å²) in [6.07, 6.45) is 3.45. The molecule has 0 spiro atoms. The van der Waals surface area contributed by atoms with E-state index in [0.29, 0.717) is 0 Å². The lowest BCUT2D eigenvalue weighted by molar-refractivity contribution is -0.139. The van der Waals surface area contributed by atoms with Gasteiger partial charge in [-0.2, -0.15) is 5.10 Å². The molecule has 128 valence electrons. The van der Waals surface area contributed by atoms with Crippen molar-refractivity contribution < 1.29 is 4.79 Å². The van der Waals surface area contributed by atoms with Crippen LogP contribution in [0.15, 0.2) is 24.7 Å². The van der Waals surface area contributed by atoms with Gasteiger partial charge in [0.2, 0.25) is 5.91 Å². The minimum absolute atomic E-state index is 0.206. The van der Waals surface area contributed by atoms with Crippen molar-refractivity contribution in [1.29, 1.82) is 0 Å². The first kappa shape index (κ1) is 16.4. The molecule has 0 atom stereocenters. The number of aromatic nitrogens is 4. The van der Waals surface area contributed by atoms with Crippen LogP contribution in [0, 0.1) is 12.3 Å². The van der Waals surface area contributed by atoms with Gasteiger partial charge in [0.1, 0.15) is 12.1 Å². The predicted octanol–water partition coefficient (Wildman–Crippen LogP) is 1.67. The Bertz CT molecular complexity index is 725. The summed E-state index contributed by atoms with van der Waals surface area (Å²) in [5.74, 6) is 1.83. The third kappa shape index (κ3) is 3.39. The Morgan fingerprint density at radius 3 is 2.33 bits per heavy atom. The van der Waals surface area contributed by atoms with Crippen molar-refractivity contribution in [3.63, 3.8) is 0 Å². The Morgan fingerprint density at radius 1 is 1.08 bits per heavy atom. The summed E-state index contributed by atoms with van der Waals surface area (Å²) in [6, 6.07) is 3.88. The van der Waals surface area contributed by atoms with Crippen molar-refractivity contribution >= 4 is 11.7 Å². The van der Waals surface area contributed by atoms with Gasteiger partial charge in [0.15, 0.2) is 5.82 Å². The van der Waals surface area contributed by atoms with Crippen LogP contribution >= 0.6 is 0 Å². The van der Waals surface area contributed by atoms with E-state index in [0.717, 1.165) is 43.5 Å². The van der Waals surface area contributed by atoms with Gasteiger partial charge in [-0.05, 0) is 13.0 Å². The molecule has 24 heavy (non-hydrogen) atoms. The molecule has 0 saturated carbocycles. The van der Waals surface area contributed by atoms with Crippen LogP contribution in [0.25, 0.3) is 5.82 Å². The number of hydrogen-bond donors (Lipinski definition) is 0. The van der Waals surface area contributed by atoms with Gasteiger partial charge in [0, 0.05) is 43.9 Å². The largest absolute Gasteiger partial charge is 0.353 e. The second-order valence-electron chi connectivity index (χ2n) is 7.17. The lowest BCUT2D eigenvalue weighted by Crippen LogP contribution is -2.51. The van der Waals surface area contributed by atoms with Crippen molar-refractivity contribution in [3.05, 3.63) is 30.4 Å². The SMILES string of the molecule is Cc1ccn(-c2cc(N3CCN(C(=O)C(C)(C)C)CC3)ncn2)n1. The maximum atomic E-state index is 12.4. The summed E-state index contributed by atoms with van der Waals surface area (Å²) in [4.78, 5) is 25.2. The van der Waals surface area contributed by atoms with Gasteiger partial charge >= 0.3 is 0 Å². The zero-order chi connectivity index (χ0) is 17.3. The van der Waals surface area contributed by atoms with Crippen LogP contribution < -0.4 is 4.90 Å². The van der Waals surface area contributed by atoms with Gasteiger partial charge in [-0.15, -0.1) is 0 Å². The molecule has 0 aliphatic carbocycles. The van der Waals surface area contributed by atoms with Crippen molar-refractivity contribution in [2.45, 2.75) is 27.7 Å². The Kier molecular flexibility index (Phi) is 4.26. The minimum atomic E-state index is -0.331. The van der Waals surface area contributed by atoms with E-state index in [1.54, 1.807) is 11.0 Å². The number of anilines is 1. The molecule has 1 saturated heterocycles. The molecule has 0 radical (unpaired) electrons. The fraction of sp³-hybridized carbons (Fsp3) is 0.529. The zero-order valence-electron chi connectivity index (χ0n) is 14.7.